The minimum Gasteiger partial charge on any atom is -0.396 e. The lowest BCUT2D eigenvalue weighted by Gasteiger charge is -2.17. The number of amides is 1. The van der Waals surface area contributed by atoms with Gasteiger partial charge in [-0.25, -0.2) is 0 Å². The molecule has 2 N–H and O–H groups in total. The van der Waals surface area contributed by atoms with Crippen LogP contribution in [0.3, 0.4) is 0 Å². The fourth-order valence-corrected chi connectivity index (χ4v) is 2.04. The van der Waals surface area contributed by atoms with Crippen molar-refractivity contribution in [3.8, 4) is 0 Å². The molecule has 3 nitrogen and oxygen atoms in total. The zero-order valence-corrected chi connectivity index (χ0v) is 12.2. The van der Waals surface area contributed by atoms with E-state index < -0.39 is 0 Å². The molecule has 0 aliphatic rings. The molecule has 1 rings (SSSR count). The molecule has 100 valence electrons. The van der Waals surface area contributed by atoms with Crippen molar-refractivity contribution >= 4 is 21.8 Å². The molecule has 0 radical (unpaired) electrons. The van der Waals surface area contributed by atoms with Gasteiger partial charge in [-0.15, -0.1) is 0 Å². The lowest BCUT2D eigenvalue weighted by Crippen LogP contribution is -2.27. The average Bonchev–Trinajstić information content (AvgIpc) is 2.37. The zero-order valence-electron chi connectivity index (χ0n) is 10.7. The molecule has 0 aliphatic carbocycles. The molecule has 0 saturated carbocycles. The first-order chi connectivity index (χ1) is 8.67. The topological polar surface area (TPSA) is 49.3 Å². The number of unbranched alkanes of at least 4 members (excludes halogenated alkanes) is 1. The minimum absolute atomic E-state index is 0.0539. The molecule has 4 heteroatoms. The number of carbonyl (C=O) groups excluding carboxylic acids is 1. The Labute approximate surface area is 117 Å². The number of hydrogen-bond donors (Lipinski definition) is 2. The fourth-order valence-electron chi connectivity index (χ4n) is 1.78. The molecule has 0 spiro atoms. The first kappa shape index (κ1) is 15.2. The quantitative estimate of drug-likeness (QED) is 0.760. The Morgan fingerprint density at radius 3 is 2.56 bits per heavy atom. The molecule has 1 atom stereocenters. The number of carbonyl (C=O) groups is 1. The predicted octanol–water partition coefficient (Wildman–Crippen LogP) is 3.18. The van der Waals surface area contributed by atoms with Gasteiger partial charge >= 0.3 is 0 Å². The molecule has 18 heavy (non-hydrogen) atoms. The van der Waals surface area contributed by atoms with E-state index in [9.17, 15) is 4.79 Å². The highest BCUT2D eigenvalue weighted by atomic mass is 79.9. The Morgan fingerprint density at radius 1 is 1.33 bits per heavy atom. The second-order valence-corrected chi connectivity index (χ2v) is 5.18. The minimum atomic E-state index is 0.0539. The SMILES string of the molecule is CCC(NC(=O)CCCCO)c1ccc(Br)cc1. The van der Waals surface area contributed by atoms with Crippen LogP contribution in [0.25, 0.3) is 0 Å². The van der Waals surface area contributed by atoms with E-state index in [4.69, 9.17) is 5.11 Å². The molecule has 1 aromatic carbocycles. The number of halogens is 1. The zero-order chi connectivity index (χ0) is 13.4. The Hall–Kier alpha value is -0.870. The van der Waals surface area contributed by atoms with Crippen molar-refractivity contribution in [1.29, 1.82) is 0 Å². The van der Waals surface area contributed by atoms with Gasteiger partial charge in [0.25, 0.3) is 0 Å². The third kappa shape index (κ3) is 5.19. The van der Waals surface area contributed by atoms with Crippen LogP contribution in [0.1, 0.15) is 44.2 Å². The summed E-state index contributed by atoms with van der Waals surface area (Å²) in [6.07, 6.45) is 2.77. The van der Waals surface area contributed by atoms with Crippen LogP contribution in [0.15, 0.2) is 28.7 Å². The van der Waals surface area contributed by atoms with E-state index in [-0.39, 0.29) is 18.6 Å². The van der Waals surface area contributed by atoms with Crippen LogP contribution in [0.2, 0.25) is 0 Å². The summed E-state index contributed by atoms with van der Waals surface area (Å²) in [5.74, 6) is 0.0539. The number of rotatable bonds is 7. The maximum atomic E-state index is 11.7. The van der Waals surface area contributed by atoms with E-state index in [1.165, 1.54) is 0 Å². The monoisotopic (exact) mass is 313 g/mol. The van der Waals surface area contributed by atoms with E-state index in [1.54, 1.807) is 0 Å². The van der Waals surface area contributed by atoms with Gasteiger partial charge in [0.1, 0.15) is 0 Å². The standard InChI is InChI=1S/C14H20BrNO2/c1-2-13(11-6-8-12(15)9-7-11)16-14(18)5-3-4-10-17/h6-9,13,17H,2-5,10H2,1H3,(H,16,18). The van der Waals surface area contributed by atoms with Crippen molar-refractivity contribution in [2.75, 3.05) is 6.61 Å². The van der Waals surface area contributed by atoms with Crippen molar-refractivity contribution in [3.63, 3.8) is 0 Å². The van der Waals surface area contributed by atoms with Crippen molar-refractivity contribution < 1.29 is 9.90 Å². The highest BCUT2D eigenvalue weighted by Gasteiger charge is 2.12. The van der Waals surface area contributed by atoms with Gasteiger partial charge in [0, 0.05) is 17.5 Å². The number of hydrogen-bond acceptors (Lipinski definition) is 2. The van der Waals surface area contributed by atoms with E-state index in [0.29, 0.717) is 12.8 Å². The molecule has 0 heterocycles. The van der Waals surface area contributed by atoms with E-state index in [1.807, 2.05) is 24.3 Å². The maximum absolute atomic E-state index is 11.7. The van der Waals surface area contributed by atoms with Gasteiger partial charge in [-0.3, -0.25) is 4.79 Å². The number of nitrogens with one attached hydrogen (secondary N) is 1. The lowest BCUT2D eigenvalue weighted by molar-refractivity contribution is -0.122. The Balaban J connectivity index is 2.51. The highest BCUT2D eigenvalue weighted by molar-refractivity contribution is 9.10. The average molecular weight is 314 g/mol. The first-order valence-electron chi connectivity index (χ1n) is 6.33. The summed E-state index contributed by atoms with van der Waals surface area (Å²) in [6, 6.07) is 8.07. The van der Waals surface area contributed by atoms with Crippen molar-refractivity contribution in [2.24, 2.45) is 0 Å². The van der Waals surface area contributed by atoms with Crippen molar-refractivity contribution in [2.45, 2.75) is 38.6 Å². The summed E-state index contributed by atoms with van der Waals surface area (Å²) in [6.45, 7) is 2.21. The van der Waals surface area contributed by atoms with Crippen LogP contribution in [0, 0.1) is 0 Å². The van der Waals surface area contributed by atoms with E-state index >= 15 is 0 Å². The molecule has 1 amide bonds. The number of aliphatic hydroxyl groups is 1. The van der Waals surface area contributed by atoms with Gasteiger partial charge in [-0.2, -0.15) is 0 Å². The highest BCUT2D eigenvalue weighted by Crippen LogP contribution is 2.19. The van der Waals surface area contributed by atoms with Crippen LogP contribution in [-0.2, 0) is 4.79 Å². The first-order valence-corrected chi connectivity index (χ1v) is 7.12. The molecular weight excluding hydrogens is 294 g/mol. The molecule has 0 bridgehead atoms. The largest absolute Gasteiger partial charge is 0.396 e. The Morgan fingerprint density at radius 2 is 2.00 bits per heavy atom. The summed E-state index contributed by atoms with van der Waals surface area (Å²) >= 11 is 3.40. The van der Waals surface area contributed by atoms with Crippen LogP contribution < -0.4 is 5.32 Å². The summed E-state index contributed by atoms with van der Waals surface area (Å²) in [5.41, 5.74) is 1.12. The fraction of sp³-hybridized carbons (Fsp3) is 0.500. The lowest BCUT2D eigenvalue weighted by atomic mass is 10.0. The van der Waals surface area contributed by atoms with Crippen LogP contribution in [-0.4, -0.2) is 17.6 Å². The third-order valence-electron chi connectivity index (χ3n) is 2.83. The second kappa shape index (κ2) is 8.27. The number of aliphatic hydroxyl groups excluding tert-OH is 1. The molecule has 1 aromatic rings. The molecule has 0 aromatic heterocycles. The smallest absolute Gasteiger partial charge is 0.220 e. The molecule has 0 saturated heterocycles. The number of benzene rings is 1. The predicted molar refractivity (Wildman–Crippen MR) is 76.3 cm³/mol. The Bertz CT molecular complexity index is 365. The van der Waals surface area contributed by atoms with Crippen LogP contribution in [0.4, 0.5) is 0 Å². The van der Waals surface area contributed by atoms with Gasteiger partial charge in [0.15, 0.2) is 0 Å². The second-order valence-electron chi connectivity index (χ2n) is 4.26. The van der Waals surface area contributed by atoms with Crippen molar-refractivity contribution in [3.05, 3.63) is 34.3 Å². The van der Waals surface area contributed by atoms with Crippen LogP contribution >= 0.6 is 15.9 Å². The Kier molecular flexibility index (Phi) is 6.98. The molecular formula is C14H20BrNO2. The van der Waals surface area contributed by atoms with Gasteiger partial charge in [-0.1, -0.05) is 35.0 Å². The summed E-state index contributed by atoms with van der Waals surface area (Å²) in [7, 11) is 0. The molecule has 1 unspecified atom stereocenters. The van der Waals surface area contributed by atoms with Gasteiger partial charge in [-0.05, 0) is 37.0 Å². The molecule has 0 fully saturated rings. The van der Waals surface area contributed by atoms with Gasteiger partial charge < -0.3 is 10.4 Å². The van der Waals surface area contributed by atoms with Gasteiger partial charge in [0.2, 0.25) is 5.91 Å². The third-order valence-corrected chi connectivity index (χ3v) is 3.36. The summed E-state index contributed by atoms with van der Waals surface area (Å²) in [4.78, 5) is 11.7. The summed E-state index contributed by atoms with van der Waals surface area (Å²) in [5, 5.41) is 11.7. The summed E-state index contributed by atoms with van der Waals surface area (Å²) < 4.78 is 1.04. The van der Waals surface area contributed by atoms with Crippen LogP contribution in [0.5, 0.6) is 0 Å². The molecule has 0 aliphatic heterocycles. The van der Waals surface area contributed by atoms with E-state index in [2.05, 4.69) is 28.2 Å². The maximum Gasteiger partial charge on any atom is 0.220 e. The van der Waals surface area contributed by atoms with Crippen molar-refractivity contribution in [1.82, 2.24) is 5.32 Å². The normalized spacial score (nSPS) is 12.2. The van der Waals surface area contributed by atoms with Gasteiger partial charge in [0.05, 0.1) is 6.04 Å². The van der Waals surface area contributed by atoms with E-state index in [0.717, 1.165) is 22.9 Å².